The van der Waals surface area contributed by atoms with Gasteiger partial charge in [0.15, 0.2) is 0 Å². The van der Waals surface area contributed by atoms with Gasteiger partial charge in [0, 0.05) is 19.4 Å². The number of amides is 2. The molecule has 25 heavy (non-hydrogen) atoms. The zero-order valence-corrected chi connectivity index (χ0v) is 16.8. The van der Waals surface area contributed by atoms with E-state index in [9.17, 15) is 9.59 Å². The number of hydrogen-bond donors (Lipinski definition) is 2. The lowest BCUT2D eigenvalue weighted by Gasteiger charge is -2.03. The lowest BCUT2D eigenvalue weighted by atomic mass is 10.1. The number of unbranched alkanes of at least 4 members (excludes halogenated alkanes) is 7. The molecule has 0 saturated carbocycles. The summed E-state index contributed by atoms with van der Waals surface area (Å²) in [5.74, 6) is 2.67. The summed E-state index contributed by atoms with van der Waals surface area (Å²) in [5, 5.41) is 5.56. The molecule has 0 aromatic rings. The van der Waals surface area contributed by atoms with Gasteiger partial charge in [0.1, 0.15) is 0 Å². The van der Waals surface area contributed by atoms with E-state index >= 15 is 0 Å². The standard InChI is InChI=1S/C11H23NO.C10H17NO/c1-3-5-7-8-9-11(13)12-10-6-4-2;1-3-5-6-7-8-10(12)11-9-4-2/h3-10H2,1-2H3,(H,12,13);2H,3,5-9H2,1H3,(H,11,12). The molecule has 2 N–H and O–H groups in total. The highest BCUT2D eigenvalue weighted by Gasteiger charge is 1.99. The Hall–Kier alpha value is -1.50. The maximum absolute atomic E-state index is 11.2. The van der Waals surface area contributed by atoms with Crippen LogP contribution >= 0.6 is 0 Å². The molecule has 0 fully saturated rings. The van der Waals surface area contributed by atoms with Crippen molar-refractivity contribution in [2.24, 2.45) is 0 Å². The molecule has 0 aliphatic carbocycles. The minimum atomic E-state index is 0.0732. The number of hydrogen-bond acceptors (Lipinski definition) is 2. The molecule has 4 heteroatoms. The van der Waals surface area contributed by atoms with Crippen LogP contribution in [0.1, 0.15) is 97.8 Å². The SMILES string of the molecule is C#CCNC(=O)CCCCCC.CCCCCCC(=O)NCCCC. The molecule has 0 heterocycles. The Morgan fingerprint density at radius 3 is 1.64 bits per heavy atom. The van der Waals surface area contributed by atoms with Crippen molar-refractivity contribution in [3.05, 3.63) is 0 Å². The zero-order chi connectivity index (χ0) is 19.2. The molecular weight excluding hydrogens is 312 g/mol. The van der Waals surface area contributed by atoms with Gasteiger partial charge in [-0.25, -0.2) is 0 Å². The van der Waals surface area contributed by atoms with Gasteiger partial charge < -0.3 is 10.6 Å². The summed E-state index contributed by atoms with van der Waals surface area (Å²) < 4.78 is 0. The molecule has 0 unspecified atom stereocenters. The predicted molar refractivity (Wildman–Crippen MR) is 107 cm³/mol. The van der Waals surface area contributed by atoms with Crippen LogP contribution in [-0.4, -0.2) is 24.9 Å². The van der Waals surface area contributed by atoms with E-state index in [1.165, 1.54) is 32.1 Å². The van der Waals surface area contributed by atoms with Gasteiger partial charge in [0.2, 0.25) is 11.8 Å². The third kappa shape index (κ3) is 24.9. The van der Waals surface area contributed by atoms with Crippen LogP contribution < -0.4 is 10.6 Å². The topological polar surface area (TPSA) is 58.2 Å². The first-order chi connectivity index (χ1) is 12.1. The fourth-order valence-corrected chi connectivity index (χ4v) is 2.16. The summed E-state index contributed by atoms with van der Waals surface area (Å²) in [6.07, 6.45) is 17.8. The second-order valence-corrected chi connectivity index (χ2v) is 6.31. The maximum Gasteiger partial charge on any atom is 0.220 e. The van der Waals surface area contributed by atoms with Crippen LogP contribution in [0, 0.1) is 12.3 Å². The molecule has 0 radical (unpaired) electrons. The Balaban J connectivity index is 0. The van der Waals surface area contributed by atoms with Gasteiger partial charge in [0.05, 0.1) is 6.54 Å². The second-order valence-electron chi connectivity index (χ2n) is 6.31. The van der Waals surface area contributed by atoms with E-state index in [1.807, 2.05) is 0 Å². The van der Waals surface area contributed by atoms with Crippen LogP contribution in [0.4, 0.5) is 0 Å². The van der Waals surface area contributed by atoms with Crippen molar-refractivity contribution in [2.75, 3.05) is 13.1 Å². The van der Waals surface area contributed by atoms with Gasteiger partial charge in [-0.05, 0) is 19.3 Å². The van der Waals surface area contributed by atoms with E-state index in [2.05, 4.69) is 37.3 Å². The third-order valence-corrected chi connectivity index (χ3v) is 3.75. The maximum atomic E-state index is 11.2. The number of carbonyl (C=O) groups excluding carboxylic acids is 2. The minimum absolute atomic E-state index is 0.0732. The average Bonchev–Trinajstić information content (AvgIpc) is 2.61. The summed E-state index contributed by atoms with van der Waals surface area (Å²) >= 11 is 0. The smallest absolute Gasteiger partial charge is 0.220 e. The van der Waals surface area contributed by atoms with Crippen molar-refractivity contribution in [1.29, 1.82) is 0 Å². The molecular formula is C21H40N2O2. The summed E-state index contributed by atoms with van der Waals surface area (Å²) in [7, 11) is 0. The van der Waals surface area contributed by atoms with Crippen molar-refractivity contribution in [2.45, 2.75) is 97.8 Å². The first-order valence-corrected chi connectivity index (χ1v) is 10.1. The normalized spacial score (nSPS) is 9.52. The van der Waals surface area contributed by atoms with Crippen LogP contribution in [-0.2, 0) is 9.59 Å². The predicted octanol–water partition coefficient (Wildman–Crippen LogP) is 4.58. The highest BCUT2D eigenvalue weighted by molar-refractivity contribution is 5.76. The number of rotatable bonds is 14. The number of carbonyl (C=O) groups is 2. The van der Waals surface area contributed by atoms with E-state index in [0.29, 0.717) is 19.4 Å². The van der Waals surface area contributed by atoms with Gasteiger partial charge in [0.25, 0.3) is 0 Å². The van der Waals surface area contributed by atoms with E-state index in [1.54, 1.807) is 0 Å². The molecule has 4 nitrogen and oxygen atoms in total. The number of nitrogens with one attached hydrogen (secondary N) is 2. The first-order valence-electron chi connectivity index (χ1n) is 10.1. The Kier molecular flexibility index (Phi) is 23.2. The van der Waals surface area contributed by atoms with Gasteiger partial charge in [-0.1, -0.05) is 71.6 Å². The van der Waals surface area contributed by atoms with Crippen molar-refractivity contribution >= 4 is 11.8 Å². The summed E-state index contributed by atoms with van der Waals surface area (Å²) in [4.78, 5) is 22.1. The summed E-state index contributed by atoms with van der Waals surface area (Å²) in [6.45, 7) is 7.67. The fourth-order valence-electron chi connectivity index (χ4n) is 2.16. The van der Waals surface area contributed by atoms with E-state index in [0.717, 1.165) is 38.6 Å². The Morgan fingerprint density at radius 2 is 1.20 bits per heavy atom. The van der Waals surface area contributed by atoms with Gasteiger partial charge in [-0.3, -0.25) is 9.59 Å². The quantitative estimate of drug-likeness (QED) is 0.355. The Morgan fingerprint density at radius 1 is 0.720 bits per heavy atom. The fraction of sp³-hybridized carbons (Fsp3) is 0.810. The van der Waals surface area contributed by atoms with Crippen LogP contribution in [0.2, 0.25) is 0 Å². The second kappa shape index (κ2) is 22.5. The molecule has 0 spiro atoms. The van der Waals surface area contributed by atoms with Crippen molar-refractivity contribution in [1.82, 2.24) is 10.6 Å². The zero-order valence-electron chi connectivity index (χ0n) is 16.8. The van der Waals surface area contributed by atoms with Crippen LogP contribution in [0.5, 0.6) is 0 Å². The van der Waals surface area contributed by atoms with E-state index in [-0.39, 0.29) is 11.8 Å². The first kappa shape index (κ1) is 25.7. The molecule has 0 saturated heterocycles. The van der Waals surface area contributed by atoms with Gasteiger partial charge in [-0.2, -0.15) is 0 Å². The van der Waals surface area contributed by atoms with Crippen LogP contribution in [0.3, 0.4) is 0 Å². The molecule has 146 valence electrons. The molecule has 0 aliphatic rings. The third-order valence-electron chi connectivity index (χ3n) is 3.75. The van der Waals surface area contributed by atoms with Crippen LogP contribution in [0.25, 0.3) is 0 Å². The highest BCUT2D eigenvalue weighted by Crippen LogP contribution is 2.02. The van der Waals surface area contributed by atoms with Crippen molar-refractivity contribution in [3.8, 4) is 12.3 Å². The average molecular weight is 353 g/mol. The molecule has 0 aliphatic heterocycles. The minimum Gasteiger partial charge on any atom is -0.356 e. The summed E-state index contributed by atoms with van der Waals surface area (Å²) in [6, 6.07) is 0. The van der Waals surface area contributed by atoms with Gasteiger partial charge >= 0.3 is 0 Å². The lowest BCUT2D eigenvalue weighted by molar-refractivity contribution is -0.121. The highest BCUT2D eigenvalue weighted by atomic mass is 16.2. The van der Waals surface area contributed by atoms with Crippen molar-refractivity contribution < 1.29 is 9.59 Å². The Labute approximate surface area is 155 Å². The molecule has 0 bridgehead atoms. The summed E-state index contributed by atoms with van der Waals surface area (Å²) in [5.41, 5.74) is 0. The van der Waals surface area contributed by atoms with E-state index < -0.39 is 0 Å². The van der Waals surface area contributed by atoms with Crippen LogP contribution in [0.15, 0.2) is 0 Å². The largest absolute Gasteiger partial charge is 0.356 e. The van der Waals surface area contributed by atoms with E-state index in [4.69, 9.17) is 6.42 Å². The van der Waals surface area contributed by atoms with Gasteiger partial charge in [-0.15, -0.1) is 6.42 Å². The molecule has 2 amide bonds. The van der Waals surface area contributed by atoms with Crippen molar-refractivity contribution in [3.63, 3.8) is 0 Å². The monoisotopic (exact) mass is 352 g/mol. The Bertz CT molecular complexity index is 348. The molecule has 0 aromatic carbocycles. The molecule has 0 atom stereocenters. The molecule has 0 rings (SSSR count). The molecule has 0 aromatic heterocycles. The number of terminal acetylenes is 1. The lowest BCUT2D eigenvalue weighted by Crippen LogP contribution is -2.23.